The van der Waals surface area contributed by atoms with Crippen molar-refractivity contribution in [2.75, 3.05) is 5.32 Å². The third kappa shape index (κ3) is 2.88. The number of rotatable bonds is 4. The highest BCUT2D eigenvalue weighted by molar-refractivity contribution is 6.30. The number of aromatic nitrogens is 2. The highest BCUT2D eigenvalue weighted by Gasteiger charge is 2.25. The van der Waals surface area contributed by atoms with E-state index in [1.54, 1.807) is 38.1 Å². The number of benzene rings is 1. The van der Waals surface area contributed by atoms with Crippen molar-refractivity contribution in [3.8, 4) is 0 Å². The second-order valence-corrected chi connectivity index (χ2v) is 4.71. The lowest BCUT2D eigenvalue weighted by atomic mass is 10.0. The van der Waals surface area contributed by atoms with Gasteiger partial charge in [0, 0.05) is 22.0 Å². The maximum Gasteiger partial charge on any atom is 0.330 e. The Bertz CT molecular complexity index is 573. The molecule has 0 spiro atoms. The summed E-state index contributed by atoms with van der Waals surface area (Å²) in [4.78, 5) is 11.4. The van der Waals surface area contributed by atoms with Crippen LogP contribution in [0.1, 0.15) is 23.0 Å². The van der Waals surface area contributed by atoms with Gasteiger partial charge in [0.2, 0.25) is 0 Å². The second-order valence-electron chi connectivity index (χ2n) is 4.27. The van der Waals surface area contributed by atoms with Crippen molar-refractivity contribution in [3.63, 3.8) is 0 Å². The monoisotopic (exact) mass is 279 g/mol. The number of carboxylic acids is 1. The highest BCUT2D eigenvalue weighted by atomic mass is 35.5. The molecule has 2 aromatic rings. The lowest BCUT2D eigenvalue weighted by Gasteiger charge is -2.16. The maximum absolute atomic E-state index is 11.4. The fourth-order valence-corrected chi connectivity index (χ4v) is 2.08. The standard InChI is InChI=1S/C13H14ClN3O2/c1-7-11(8(2)17-16-7)12(13(18)19)15-10-5-3-9(14)4-6-10/h3-6,12,15H,1-2H3,(H,16,17)(H,18,19). The van der Waals surface area contributed by atoms with Crippen molar-refractivity contribution in [2.45, 2.75) is 19.9 Å². The molecule has 0 aliphatic heterocycles. The number of aryl methyl sites for hydroxylation is 2. The zero-order chi connectivity index (χ0) is 14.0. The van der Waals surface area contributed by atoms with Gasteiger partial charge in [0.05, 0.1) is 5.69 Å². The van der Waals surface area contributed by atoms with Crippen LogP contribution in [-0.2, 0) is 4.79 Å². The molecular formula is C13H14ClN3O2. The molecule has 5 nitrogen and oxygen atoms in total. The molecule has 0 fully saturated rings. The summed E-state index contributed by atoms with van der Waals surface area (Å²) in [6.45, 7) is 3.58. The summed E-state index contributed by atoms with van der Waals surface area (Å²) in [5.41, 5.74) is 2.76. The fourth-order valence-electron chi connectivity index (χ4n) is 1.96. The summed E-state index contributed by atoms with van der Waals surface area (Å²) in [5.74, 6) is -0.956. The first-order valence-electron chi connectivity index (χ1n) is 5.75. The molecule has 1 aromatic heterocycles. The summed E-state index contributed by atoms with van der Waals surface area (Å²) in [6.07, 6.45) is 0. The molecule has 6 heteroatoms. The molecule has 2 rings (SSSR count). The topological polar surface area (TPSA) is 78.0 Å². The van der Waals surface area contributed by atoms with Gasteiger partial charge >= 0.3 is 5.97 Å². The van der Waals surface area contributed by atoms with Crippen LogP contribution in [0.5, 0.6) is 0 Å². The number of halogens is 1. The van der Waals surface area contributed by atoms with Crippen LogP contribution in [0.25, 0.3) is 0 Å². The van der Waals surface area contributed by atoms with Crippen LogP contribution >= 0.6 is 11.6 Å². The van der Waals surface area contributed by atoms with E-state index in [1.165, 1.54) is 0 Å². The molecule has 1 unspecified atom stereocenters. The van der Waals surface area contributed by atoms with Crippen molar-refractivity contribution >= 4 is 23.3 Å². The molecule has 0 aliphatic rings. The summed E-state index contributed by atoms with van der Waals surface area (Å²) in [6, 6.07) is 6.04. The number of carbonyl (C=O) groups is 1. The molecule has 1 aromatic carbocycles. The number of H-pyrrole nitrogens is 1. The number of nitrogens with zero attached hydrogens (tertiary/aromatic N) is 1. The number of carboxylic acid groups (broad SMARTS) is 1. The first-order chi connectivity index (χ1) is 8.99. The predicted molar refractivity (Wildman–Crippen MR) is 73.5 cm³/mol. The Morgan fingerprint density at radius 1 is 1.37 bits per heavy atom. The average molecular weight is 280 g/mol. The average Bonchev–Trinajstić information content (AvgIpc) is 2.68. The Morgan fingerprint density at radius 2 is 2.00 bits per heavy atom. The minimum Gasteiger partial charge on any atom is -0.479 e. The number of nitrogens with one attached hydrogen (secondary N) is 2. The van der Waals surface area contributed by atoms with E-state index in [-0.39, 0.29) is 0 Å². The summed E-state index contributed by atoms with van der Waals surface area (Å²) in [5, 5.41) is 19.8. The largest absolute Gasteiger partial charge is 0.479 e. The Morgan fingerprint density at radius 3 is 2.47 bits per heavy atom. The molecule has 0 bridgehead atoms. The van der Waals surface area contributed by atoms with Gasteiger partial charge in [0.15, 0.2) is 6.04 Å². The smallest absolute Gasteiger partial charge is 0.330 e. The minimum atomic E-state index is -0.956. The van der Waals surface area contributed by atoms with Gasteiger partial charge in [-0.15, -0.1) is 0 Å². The van der Waals surface area contributed by atoms with Crippen molar-refractivity contribution in [3.05, 3.63) is 46.2 Å². The van der Waals surface area contributed by atoms with Crippen LogP contribution in [0.15, 0.2) is 24.3 Å². The van der Waals surface area contributed by atoms with Crippen molar-refractivity contribution in [1.82, 2.24) is 10.2 Å². The molecule has 1 heterocycles. The van der Waals surface area contributed by atoms with Crippen molar-refractivity contribution in [1.29, 1.82) is 0 Å². The summed E-state index contributed by atoms with van der Waals surface area (Å²) < 4.78 is 0. The lowest BCUT2D eigenvalue weighted by molar-refractivity contribution is -0.138. The van der Waals surface area contributed by atoms with E-state index < -0.39 is 12.0 Å². The molecule has 1 atom stereocenters. The lowest BCUT2D eigenvalue weighted by Crippen LogP contribution is -2.21. The Labute approximate surface area is 115 Å². The molecule has 0 amide bonds. The van der Waals surface area contributed by atoms with Crippen LogP contribution in [0.3, 0.4) is 0 Å². The molecule has 100 valence electrons. The number of hydrogen-bond acceptors (Lipinski definition) is 3. The van der Waals surface area contributed by atoms with Gasteiger partial charge in [0.1, 0.15) is 0 Å². The van der Waals surface area contributed by atoms with Gasteiger partial charge in [0.25, 0.3) is 0 Å². The first-order valence-corrected chi connectivity index (χ1v) is 6.13. The van der Waals surface area contributed by atoms with E-state index in [0.717, 1.165) is 5.69 Å². The van der Waals surface area contributed by atoms with Crippen LogP contribution in [0.2, 0.25) is 5.02 Å². The van der Waals surface area contributed by atoms with E-state index in [4.69, 9.17) is 11.6 Å². The SMILES string of the molecule is Cc1n[nH]c(C)c1C(Nc1ccc(Cl)cc1)C(=O)O. The van der Waals surface area contributed by atoms with Gasteiger partial charge in [-0.05, 0) is 38.1 Å². The van der Waals surface area contributed by atoms with Crippen LogP contribution in [0.4, 0.5) is 5.69 Å². The first kappa shape index (κ1) is 13.4. The van der Waals surface area contributed by atoms with Gasteiger partial charge in [-0.1, -0.05) is 11.6 Å². The quantitative estimate of drug-likeness (QED) is 0.804. The van der Waals surface area contributed by atoms with E-state index >= 15 is 0 Å². The molecular weight excluding hydrogens is 266 g/mol. The van der Waals surface area contributed by atoms with E-state index in [0.29, 0.717) is 22.0 Å². The van der Waals surface area contributed by atoms with Crippen molar-refractivity contribution < 1.29 is 9.90 Å². The zero-order valence-corrected chi connectivity index (χ0v) is 11.3. The van der Waals surface area contributed by atoms with Crippen molar-refractivity contribution in [2.24, 2.45) is 0 Å². The molecule has 19 heavy (non-hydrogen) atoms. The molecule has 0 radical (unpaired) electrons. The summed E-state index contributed by atoms with van der Waals surface area (Å²) in [7, 11) is 0. The van der Waals surface area contributed by atoms with Gasteiger partial charge < -0.3 is 10.4 Å². The second kappa shape index (κ2) is 5.32. The van der Waals surface area contributed by atoms with Gasteiger partial charge in [-0.25, -0.2) is 4.79 Å². The van der Waals surface area contributed by atoms with E-state index in [9.17, 15) is 9.90 Å². The molecule has 0 saturated carbocycles. The minimum absolute atomic E-state index is 0.605. The Hall–Kier alpha value is -2.01. The maximum atomic E-state index is 11.4. The summed E-state index contributed by atoms with van der Waals surface area (Å²) >= 11 is 5.80. The van der Waals surface area contributed by atoms with E-state index in [2.05, 4.69) is 15.5 Å². The molecule has 0 saturated heterocycles. The number of aliphatic carboxylic acids is 1. The molecule has 3 N–H and O–H groups in total. The normalized spacial score (nSPS) is 12.2. The van der Waals surface area contributed by atoms with Gasteiger partial charge in [-0.3, -0.25) is 5.10 Å². The number of aromatic amines is 1. The van der Waals surface area contributed by atoms with Crippen LogP contribution < -0.4 is 5.32 Å². The fraction of sp³-hybridized carbons (Fsp3) is 0.231. The van der Waals surface area contributed by atoms with Crippen LogP contribution in [-0.4, -0.2) is 21.3 Å². The van der Waals surface area contributed by atoms with Crippen LogP contribution in [0, 0.1) is 13.8 Å². The third-order valence-electron chi connectivity index (χ3n) is 2.88. The van der Waals surface area contributed by atoms with E-state index in [1.807, 2.05) is 0 Å². The van der Waals surface area contributed by atoms with Gasteiger partial charge in [-0.2, -0.15) is 5.10 Å². The number of hydrogen-bond donors (Lipinski definition) is 3. The Balaban J connectivity index is 2.32. The Kier molecular flexibility index (Phi) is 3.76. The highest BCUT2D eigenvalue weighted by Crippen LogP contribution is 2.25. The third-order valence-corrected chi connectivity index (χ3v) is 3.13. The zero-order valence-electron chi connectivity index (χ0n) is 10.6. The predicted octanol–water partition coefficient (Wildman–Crippen LogP) is 2.92. The number of anilines is 1. The molecule has 0 aliphatic carbocycles.